The van der Waals surface area contributed by atoms with E-state index in [9.17, 15) is 0 Å². The van der Waals surface area contributed by atoms with Crippen LogP contribution in [-0.4, -0.2) is 6.04 Å². The summed E-state index contributed by atoms with van der Waals surface area (Å²) in [6, 6.07) is 74.6. The summed E-state index contributed by atoms with van der Waals surface area (Å²) in [5.74, 6) is 0.303. The number of furan rings is 2. The fraction of sp³-hybridized carbons (Fsp3) is 0.0323. The van der Waals surface area contributed by atoms with Crippen molar-refractivity contribution in [2.45, 2.75) is 12.0 Å². The molecule has 66 heavy (non-hydrogen) atoms. The van der Waals surface area contributed by atoms with Gasteiger partial charge in [0.1, 0.15) is 22.3 Å². The summed E-state index contributed by atoms with van der Waals surface area (Å²) in [6.07, 6.45) is 9.04. The van der Waals surface area contributed by atoms with Gasteiger partial charge in [0.25, 0.3) is 0 Å². The van der Waals surface area contributed by atoms with Gasteiger partial charge in [-0.3, -0.25) is 0 Å². The molecule has 0 bridgehead atoms. The first kappa shape index (κ1) is 36.8. The Kier molecular flexibility index (Phi) is 8.07. The van der Waals surface area contributed by atoms with Crippen LogP contribution < -0.4 is 9.80 Å². The van der Waals surface area contributed by atoms with Crippen LogP contribution in [0, 0.1) is 0 Å². The van der Waals surface area contributed by atoms with Crippen molar-refractivity contribution in [2.24, 2.45) is 0 Å². The second-order valence-corrected chi connectivity index (χ2v) is 17.6. The molecule has 1 aliphatic carbocycles. The minimum Gasteiger partial charge on any atom is -0.455 e. The topological polar surface area (TPSA) is 32.8 Å². The van der Waals surface area contributed by atoms with E-state index in [1.54, 1.807) is 0 Å². The van der Waals surface area contributed by atoms with Gasteiger partial charge in [-0.1, -0.05) is 158 Å². The quantitative estimate of drug-likeness (QED) is 0.167. The second-order valence-electron chi connectivity index (χ2n) is 17.6. The lowest BCUT2D eigenvalue weighted by atomic mass is 9.91. The first-order chi connectivity index (χ1) is 32.7. The average Bonchev–Trinajstić information content (AvgIpc) is 4.07. The maximum Gasteiger partial charge on any atom is 0.143 e. The average molecular weight is 845 g/mol. The van der Waals surface area contributed by atoms with Crippen molar-refractivity contribution >= 4 is 93.9 Å². The Labute approximate surface area is 381 Å². The second kappa shape index (κ2) is 14.5. The molecule has 2 aliphatic rings. The van der Waals surface area contributed by atoms with Crippen LogP contribution in [0.15, 0.2) is 239 Å². The molecule has 310 valence electrons. The fourth-order valence-electron chi connectivity index (χ4n) is 11.0. The molecule has 0 saturated carbocycles. The Morgan fingerprint density at radius 2 is 0.955 bits per heavy atom. The number of benzene rings is 10. The third-order valence-electron chi connectivity index (χ3n) is 14.0. The summed E-state index contributed by atoms with van der Waals surface area (Å²) in [6.45, 7) is 0. The van der Waals surface area contributed by atoms with Gasteiger partial charge in [0.2, 0.25) is 0 Å². The third kappa shape index (κ3) is 5.58. The van der Waals surface area contributed by atoms with Crippen LogP contribution in [0.5, 0.6) is 0 Å². The molecule has 3 heterocycles. The van der Waals surface area contributed by atoms with E-state index >= 15 is 0 Å². The van der Waals surface area contributed by atoms with Gasteiger partial charge in [-0.05, 0) is 111 Å². The van der Waals surface area contributed by atoms with Crippen molar-refractivity contribution in [3.05, 3.63) is 236 Å². The molecule has 0 amide bonds. The number of hydrogen-bond donors (Lipinski definition) is 0. The van der Waals surface area contributed by atoms with Crippen molar-refractivity contribution < 1.29 is 8.83 Å². The van der Waals surface area contributed by atoms with Crippen LogP contribution in [0.4, 0.5) is 28.4 Å². The highest BCUT2D eigenvalue weighted by Crippen LogP contribution is 2.49. The lowest BCUT2D eigenvalue weighted by Gasteiger charge is -2.31. The third-order valence-corrected chi connectivity index (χ3v) is 14.0. The molecule has 1 aliphatic heterocycles. The first-order valence-corrected chi connectivity index (χ1v) is 22.7. The van der Waals surface area contributed by atoms with Gasteiger partial charge in [-0.2, -0.15) is 0 Å². The van der Waals surface area contributed by atoms with Crippen LogP contribution in [-0.2, 0) is 0 Å². The van der Waals surface area contributed by atoms with Crippen molar-refractivity contribution in [3.63, 3.8) is 0 Å². The molecule has 14 rings (SSSR count). The van der Waals surface area contributed by atoms with Crippen LogP contribution in [0.2, 0.25) is 0 Å². The predicted molar refractivity (Wildman–Crippen MR) is 275 cm³/mol. The van der Waals surface area contributed by atoms with Crippen molar-refractivity contribution in [2.75, 3.05) is 9.80 Å². The molecule has 2 aromatic heterocycles. The van der Waals surface area contributed by atoms with Gasteiger partial charge in [0, 0.05) is 66.7 Å². The number of fused-ring (bicyclic) bond motifs is 13. The molecule has 2 atom stereocenters. The molecular weight excluding hydrogens is 805 g/mol. The molecule has 0 N–H and O–H groups in total. The van der Waals surface area contributed by atoms with Gasteiger partial charge in [-0.25, -0.2) is 0 Å². The highest BCUT2D eigenvalue weighted by Gasteiger charge is 2.37. The van der Waals surface area contributed by atoms with Crippen molar-refractivity contribution in [3.8, 4) is 22.3 Å². The summed E-state index contributed by atoms with van der Waals surface area (Å²) in [5, 5.41) is 9.13. The highest BCUT2D eigenvalue weighted by atomic mass is 16.3. The molecule has 0 radical (unpaired) electrons. The number of nitrogens with zero attached hydrogens (tertiary/aromatic N) is 2. The predicted octanol–water partition coefficient (Wildman–Crippen LogP) is 17.3. The monoisotopic (exact) mass is 844 g/mol. The van der Waals surface area contributed by atoms with E-state index in [-0.39, 0.29) is 6.04 Å². The van der Waals surface area contributed by atoms with Gasteiger partial charge in [0.15, 0.2) is 0 Å². The van der Waals surface area contributed by atoms with Crippen LogP contribution in [0.25, 0.3) is 87.7 Å². The molecule has 0 saturated heterocycles. The standard InChI is InChI=1S/C62H40N2O2/c1-3-16-49-39(12-1)30-36-53-59-47(20-10-24-57(59)65-61(49)53)41-26-32-43(33-27-41)63(45-14-9-15-46(38-45)64-55-22-7-5-18-51(55)52-19-6-8-23-56(52)64)44-34-28-42(29-35-44)48-21-11-25-58-60(48)54-37-31-40-13-2-4-17-50(40)62(54)66-58/h1-38,51,55H. The van der Waals surface area contributed by atoms with Crippen LogP contribution in [0.1, 0.15) is 11.5 Å². The lowest BCUT2D eigenvalue weighted by molar-refractivity contribution is 0.672. The van der Waals surface area contributed by atoms with Gasteiger partial charge >= 0.3 is 0 Å². The maximum absolute atomic E-state index is 6.59. The zero-order chi connectivity index (χ0) is 43.3. The van der Waals surface area contributed by atoms with E-state index in [2.05, 4.69) is 240 Å². The van der Waals surface area contributed by atoms with E-state index in [1.165, 1.54) is 22.0 Å². The molecular formula is C62H40N2O2. The van der Waals surface area contributed by atoms with E-state index in [0.29, 0.717) is 5.92 Å². The van der Waals surface area contributed by atoms with E-state index in [1.807, 2.05) is 0 Å². The molecule has 10 aromatic carbocycles. The van der Waals surface area contributed by atoms with Gasteiger partial charge in [-0.15, -0.1) is 0 Å². The van der Waals surface area contributed by atoms with Crippen LogP contribution >= 0.6 is 0 Å². The number of para-hydroxylation sites is 1. The van der Waals surface area contributed by atoms with E-state index in [0.717, 1.165) is 99.7 Å². The lowest BCUT2D eigenvalue weighted by Crippen LogP contribution is -2.28. The number of rotatable bonds is 6. The smallest absolute Gasteiger partial charge is 0.143 e. The van der Waals surface area contributed by atoms with Crippen LogP contribution in [0.3, 0.4) is 0 Å². The highest BCUT2D eigenvalue weighted by molar-refractivity contribution is 6.20. The zero-order valence-corrected chi connectivity index (χ0v) is 35.8. The molecule has 4 heteroatoms. The Morgan fingerprint density at radius 1 is 0.409 bits per heavy atom. The first-order valence-electron chi connectivity index (χ1n) is 22.7. The SMILES string of the molecule is C1=CC2c3ccccc3N(c3cccc(N(c4ccc(-c5cccc6oc7c8ccccc8ccc7c56)cc4)c4ccc(-c5cccc6oc7c8ccccc8ccc7c56)cc4)c3)C2C=C1. The zero-order valence-electron chi connectivity index (χ0n) is 35.8. The molecule has 0 fully saturated rings. The van der Waals surface area contributed by atoms with Gasteiger partial charge in [0.05, 0.1) is 6.04 Å². The minimum atomic E-state index is 0.203. The number of allylic oxidation sites excluding steroid dienone is 2. The van der Waals surface area contributed by atoms with E-state index in [4.69, 9.17) is 8.83 Å². The number of anilines is 5. The Morgan fingerprint density at radius 3 is 1.58 bits per heavy atom. The van der Waals surface area contributed by atoms with Gasteiger partial charge < -0.3 is 18.6 Å². The normalized spacial score (nSPS) is 15.4. The van der Waals surface area contributed by atoms with E-state index < -0.39 is 0 Å². The molecule has 2 unspecified atom stereocenters. The Bertz CT molecular complexity index is 3770. The summed E-state index contributed by atoms with van der Waals surface area (Å²) < 4.78 is 13.2. The Hall–Kier alpha value is -8.60. The van der Waals surface area contributed by atoms with Crippen molar-refractivity contribution in [1.29, 1.82) is 0 Å². The summed E-state index contributed by atoms with van der Waals surface area (Å²) in [7, 11) is 0. The summed E-state index contributed by atoms with van der Waals surface area (Å²) in [5.41, 5.74) is 15.2. The maximum atomic E-state index is 6.59. The molecule has 12 aromatic rings. The van der Waals surface area contributed by atoms with Crippen molar-refractivity contribution in [1.82, 2.24) is 0 Å². The number of hydrogen-bond acceptors (Lipinski definition) is 4. The molecule has 4 nitrogen and oxygen atoms in total. The molecule has 0 spiro atoms. The largest absolute Gasteiger partial charge is 0.455 e. The summed E-state index contributed by atoms with van der Waals surface area (Å²) >= 11 is 0. The summed E-state index contributed by atoms with van der Waals surface area (Å²) in [4.78, 5) is 4.89. The minimum absolute atomic E-state index is 0.203. The fourth-order valence-corrected chi connectivity index (χ4v) is 11.0. The Balaban J connectivity index is 0.898.